The average Bonchev–Trinajstić information content (AvgIpc) is 2.21. The fourth-order valence-electron chi connectivity index (χ4n) is 1.20. The summed E-state index contributed by atoms with van der Waals surface area (Å²) < 4.78 is 0. The van der Waals surface area contributed by atoms with Gasteiger partial charge in [0.15, 0.2) is 0 Å². The lowest BCUT2D eigenvalue weighted by Crippen LogP contribution is -1.87. The van der Waals surface area contributed by atoms with Gasteiger partial charge < -0.3 is 10.8 Å². The fraction of sp³-hybridized carbons (Fsp3) is 0.167. The van der Waals surface area contributed by atoms with Crippen molar-refractivity contribution < 1.29 is 5.11 Å². The Balaban J connectivity index is 3.02. The third-order valence-electron chi connectivity index (χ3n) is 1.93. The number of hydrogen-bond donors (Lipinski definition) is 2. The molecule has 0 fully saturated rings. The molecule has 1 rings (SSSR count). The highest BCUT2D eigenvalue weighted by atomic mass is 16.3. The molecule has 1 aromatic rings. The number of para-hydroxylation sites is 1. The second kappa shape index (κ2) is 5.12. The minimum atomic E-state index is 0.255. The van der Waals surface area contributed by atoms with Gasteiger partial charge in [0.25, 0.3) is 0 Å². The predicted molar refractivity (Wildman–Crippen MR) is 59.7 cm³/mol. The third-order valence-corrected chi connectivity index (χ3v) is 1.93. The van der Waals surface area contributed by atoms with Crippen LogP contribution in [0.15, 0.2) is 42.6 Å². The summed E-state index contributed by atoms with van der Waals surface area (Å²) in [4.78, 5) is 0. The van der Waals surface area contributed by atoms with Crippen molar-refractivity contribution in [1.29, 1.82) is 0 Å². The van der Waals surface area contributed by atoms with E-state index in [1.807, 2.05) is 24.3 Å². The Morgan fingerprint density at radius 3 is 2.71 bits per heavy atom. The monoisotopic (exact) mass is 189 g/mol. The first kappa shape index (κ1) is 10.4. The molecular formula is C12H15NO. The molecular weight excluding hydrogens is 174 g/mol. The van der Waals surface area contributed by atoms with Crippen molar-refractivity contribution in [2.24, 2.45) is 5.73 Å². The van der Waals surface area contributed by atoms with Crippen LogP contribution in [0.3, 0.4) is 0 Å². The first-order valence-corrected chi connectivity index (χ1v) is 4.66. The molecule has 0 saturated carbocycles. The van der Waals surface area contributed by atoms with E-state index in [1.165, 1.54) is 6.20 Å². The molecule has 0 spiro atoms. The average molecular weight is 189 g/mol. The van der Waals surface area contributed by atoms with E-state index in [4.69, 9.17) is 5.73 Å². The minimum Gasteiger partial charge on any atom is -0.507 e. The summed E-state index contributed by atoms with van der Waals surface area (Å²) in [7, 11) is 0. The Hall–Kier alpha value is -1.70. The molecule has 0 aliphatic carbocycles. The smallest absolute Gasteiger partial charge is 0.123 e. The number of phenolic OH excluding ortho intramolecular Hbond substituents is 1. The Bertz CT molecular complexity index is 353. The van der Waals surface area contributed by atoms with Crippen LogP contribution >= 0.6 is 0 Å². The molecule has 14 heavy (non-hydrogen) atoms. The molecule has 2 heteroatoms. The normalized spacial score (nSPS) is 12.2. The summed E-state index contributed by atoms with van der Waals surface area (Å²) in [6.07, 6.45) is 6.37. The maximum Gasteiger partial charge on any atom is 0.123 e. The summed E-state index contributed by atoms with van der Waals surface area (Å²) in [6, 6.07) is 7.15. The van der Waals surface area contributed by atoms with Gasteiger partial charge in [0.05, 0.1) is 0 Å². The van der Waals surface area contributed by atoms with Gasteiger partial charge in [-0.1, -0.05) is 37.3 Å². The SMILES string of the molecule is CC/C=C\C(=C/N)c1ccccc1O. The van der Waals surface area contributed by atoms with Gasteiger partial charge in [0.1, 0.15) is 5.75 Å². The molecule has 0 saturated heterocycles. The first-order chi connectivity index (χ1) is 6.79. The van der Waals surface area contributed by atoms with Crippen LogP contribution in [0, 0.1) is 0 Å². The summed E-state index contributed by atoms with van der Waals surface area (Å²) >= 11 is 0. The molecule has 0 heterocycles. The van der Waals surface area contributed by atoms with E-state index in [2.05, 4.69) is 6.92 Å². The van der Waals surface area contributed by atoms with Crippen LogP contribution in [-0.2, 0) is 0 Å². The highest BCUT2D eigenvalue weighted by Gasteiger charge is 2.01. The highest BCUT2D eigenvalue weighted by molar-refractivity contribution is 5.77. The Labute approximate surface area is 84.4 Å². The lowest BCUT2D eigenvalue weighted by molar-refractivity contribution is 0.473. The molecule has 0 unspecified atom stereocenters. The zero-order valence-electron chi connectivity index (χ0n) is 8.27. The van der Waals surface area contributed by atoms with E-state index in [0.717, 1.165) is 17.6 Å². The number of benzene rings is 1. The molecule has 0 atom stereocenters. The number of allylic oxidation sites excluding steroid dienone is 3. The largest absolute Gasteiger partial charge is 0.507 e. The zero-order chi connectivity index (χ0) is 10.4. The summed E-state index contributed by atoms with van der Waals surface area (Å²) in [5.41, 5.74) is 7.09. The number of rotatable bonds is 3. The summed E-state index contributed by atoms with van der Waals surface area (Å²) in [6.45, 7) is 2.05. The van der Waals surface area contributed by atoms with E-state index < -0.39 is 0 Å². The van der Waals surface area contributed by atoms with Crippen LogP contribution in [-0.4, -0.2) is 5.11 Å². The van der Waals surface area contributed by atoms with Crippen LogP contribution < -0.4 is 5.73 Å². The molecule has 0 amide bonds. The van der Waals surface area contributed by atoms with Crippen molar-refractivity contribution in [3.05, 3.63) is 48.2 Å². The fourth-order valence-corrected chi connectivity index (χ4v) is 1.20. The molecule has 0 aromatic heterocycles. The zero-order valence-corrected chi connectivity index (χ0v) is 8.27. The lowest BCUT2D eigenvalue weighted by Gasteiger charge is -2.03. The lowest BCUT2D eigenvalue weighted by atomic mass is 10.1. The molecule has 3 N–H and O–H groups in total. The Kier molecular flexibility index (Phi) is 3.80. The maximum absolute atomic E-state index is 9.58. The van der Waals surface area contributed by atoms with Gasteiger partial charge in [-0.2, -0.15) is 0 Å². The molecule has 74 valence electrons. The summed E-state index contributed by atoms with van der Waals surface area (Å²) in [5.74, 6) is 0.255. The van der Waals surface area contributed by atoms with Gasteiger partial charge in [0, 0.05) is 17.3 Å². The van der Waals surface area contributed by atoms with E-state index in [-0.39, 0.29) is 5.75 Å². The number of hydrogen-bond acceptors (Lipinski definition) is 2. The van der Waals surface area contributed by atoms with Crippen LogP contribution in [0.4, 0.5) is 0 Å². The molecule has 2 nitrogen and oxygen atoms in total. The number of phenols is 1. The molecule has 0 aliphatic heterocycles. The molecule has 1 aromatic carbocycles. The van der Waals surface area contributed by atoms with Gasteiger partial charge >= 0.3 is 0 Å². The number of aromatic hydroxyl groups is 1. The van der Waals surface area contributed by atoms with Crippen molar-refractivity contribution in [3.8, 4) is 5.75 Å². The summed E-state index contributed by atoms with van der Waals surface area (Å²) in [5, 5.41) is 9.58. The van der Waals surface area contributed by atoms with Crippen molar-refractivity contribution in [2.45, 2.75) is 13.3 Å². The minimum absolute atomic E-state index is 0.255. The number of nitrogens with two attached hydrogens (primary N) is 1. The standard InChI is InChI=1S/C12H15NO/c1-2-3-6-10(9-13)11-7-4-5-8-12(11)14/h3-9,14H,2,13H2,1H3/b6-3-,10-9+. The molecule has 0 aliphatic rings. The topological polar surface area (TPSA) is 46.2 Å². The van der Waals surface area contributed by atoms with Crippen molar-refractivity contribution in [1.82, 2.24) is 0 Å². The highest BCUT2D eigenvalue weighted by Crippen LogP contribution is 2.24. The van der Waals surface area contributed by atoms with Crippen molar-refractivity contribution >= 4 is 5.57 Å². The van der Waals surface area contributed by atoms with Gasteiger partial charge in [-0.25, -0.2) is 0 Å². The van der Waals surface area contributed by atoms with Crippen LogP contribution in [0.5, 0.6) is 5.75 Å². The third kappa shape index (κ3) is 2.39. The molecule has 0 bridgehead atoms. The Morgan fingerprint density at radius 2 is 2.14 bits per heavy atom. The predicted octanol–water partition coefficient (Wildman–Crippen LogP) is 2.66. The van der Waals surface area contributed by atoms with E-state index >= 15 is 0 Å². The molecule has 0 radical (unpaired) electrons. The maximum atomic E-state index is 9.58. The van der Waals surface area contributed by atoms with E-state index in [1.54, 1.807) is 12.1 Å². The van der Waals surface area contributed by atoms with Gasteiger partial charge in [0.2, 0.25) is 0 Å². The second-order valence-corrected chi connectivity index (χ2v) is 2.95. The van der Waals surface area contributed by atoms with E-state index in [9.17, 15) is 5.11 Å². The van der Waals surface area contributed by atoms with E-state index in [0.29, 0.717) is 0 Å². The van der Waals surface area contributed by atoms with Crippen LogP contribution in [0.1, 0.15) is 18.9 Å². The quantitative estimate of drug-likeness (QED) is 0.718. The van der Waals surface area contributed by atoms with Gasteiger partial charge in [-0.15, -0.1) is 0 Å². The van der Waals surface area contributed by atoms with Gasteiger partial charge in [-0.05, 0) is 12.5 Å². The second-order valence-electron chi connectivity index (χ2n) is 2.95. The van der Waals surface area contributed by atoms with Gasteiger partial charge in [-0.3, -0.25) is 0 Å². The van der Waals surface area contributed by atoms with Crippen LogP contribution in [0.25, 0.3) is 5.57 Å². The van der Waals surface area contributed by atoms with Crippen LogP contribution in [0.2, 0.25) is 0 Å². The first-order valence-electron chi connectivity index (χ1n) is 4.66. The van der Waals surface area contributed by atoms with Crippen molar-refractivity contribution in [2.75, 3.05) is 0 Å². The van der Waals surface area contributed by atoms with Crippen molar-refractivity contribution in [3.63, 3.8) is 0 Å². The Morgan fingerprint density at radius 1 is 1.43 bits per heavy atom.